The number of nitrogens with one attached hydrogen (secondary N) is 1. The highest BCUT2D eigenvalue weighted by Crippen LogP contribution is 2.30. The molecule has 18 heavy (non-hydrogen) atoms. The highest BCUT2D eigenvalue weighted by molar-refractivity contribution is 9.11. The van der Waals surface area contributed by atoms with E-state index in [1.807, 2.05) is 6.07 Å². The minimum Gasteiger partial charge on any atom is -0.320 e. The lowest BCUT2D eigenvalue weighted by Crippen LogP contribution is -2.14. The second-order valence-corrected chi connectivity index (χ2v) is 5.24. The van der Waals surface area contributed by atoms with Gasteiger partial charge in [0.2, 0.25) is 0 Å². The van der Waals surface area contributed by atoms with Crippen molar-refractivity contribution in [2.45, 2.75) is 0 Å². The van der Waals surface area contributed by atoms with Gasteiger partial charge in [0.1, 0.15) is 5.82 Å². The number of carbonyl (C=O) groups is 1. The summed E-state index contributed by atoms with van der Waals surface area (Å²) in [5, 5.41) is 2.66. The topological polar surface area (TPSA) is 29.1 Å². The number of carbonyl (C=O) groups excluding carboxylic acids is 1. The molecule has 2 rings (SSSR count). The fraction of sp³-hybridized carbons (Fsp3) is 0. The Labute approximate surface area is 120 Å². The highest BCUT2D eigenvalue weighted by Gasteiger charge is 2.13. The summed E-state index contributed by atoms with van der Waals surface area (Å²) in [5.74, 6) is -1.03. The van der Waals surface area contributed by atoms with Gasteiger partial charge in [0.25, 0.3) is 5.91 Å². The van der Waals surface area contributed by atoms with Crippen molar-refractivity contribution in [2.24, 2.45) is 0 Å². The van der Waals surface area contributed by atoms with Crippen molar-refractivity contribution in [2.75, 3.05) is 5.32 Å². The van der Waals surface area contributed by atoms with Crippen molar-refractivity contribution >= 4 is 43.5 Å². The van der Waals surface area contributed by atoms with Gasteiger partial charge in [-0.2, -0.15) is 0 Å². The van der Waals surface area contributed by atoms with Crippen molar-refractivity contribution in [1.82, 2.24) is 0 Å². The third-order valence-electron chi connectivity index (χ3n) is 2.32. The smallest absolute Gasteiger partial charge is 0.258 e. The van der Waals surface area contributed by atoms with Gasteiger partial charge < -0.3 is 5.32 Å². The Bertz CT molecular complexity index is 581. The maximum atomic E-state index is 13.5. The van der Waals surface area contributed by atoms with Gasteiger partial charge in [-0.15, -0.1) is 0 Å². The maximum absolute atomic E-state index is 13.5. The fourth-order valence-electron chi connectivity index (χ4n) is 1.44. The molecule has 0 unspecified atom stereocenters. The van der Waals surface area contributed by atoms with Crippen LogP contribution in [0.3, 0.4) is 0 Å². The van der Waals surface area contributed by atoms with E-state index in [9.17, 15) is 9.18 Å². The molecule has 0 aliphatic heterocycles. The standard InChI is InChI=1S/C13H8Br2FNO/c14-9-5-3-6-10(15)12(9)17-13(18)8-4-1-2-7-11(8)16/h1-7H,(H,17,18). The molecule has 1 N–H and O–H groups in total. The number of benzene rings is 2. The molecule has 92 valence electrons. The largest absolute Gasteiger partial charge is 0.320 e. The van der Waals surface area contributed by atoms with Gasteiger partial charge in [-0.25, -0.2) is 4.39 Å². The molecule has 0 aliphatic rings. The number of halogens is 3. The van der Waals surface area contributed by atoms with Crippen LogP contribution in [0.4, 0.5) is 10.1 Å². The Hall–Kier alpha value is -1.20. The second kappa shape index (κ2) is 5.63. The molecule has 0 bridgehead atoms. The monoisotopic (exact) mass is 371 g/mol. The first-order valence-corrected chi connectivity index (χ1v) is 6.68. The zero-order valence-electron chi connectivity index (χ0n) is 9.08. The van der Waals surface area contributed by atoms with E-state index < -0.39 is 11.7 Å². The third kappa shape index (κ3) is 2.79. The Morgan fingerprint density at radius 1 is 1.00 bits per heavy atom. The number of anilines is 1. The molecule has 0 radical (unpaired) electrons. The molecule has 0 saturated carbocycles. The zero-order valence-corrected chi connectivity index (χ0v) is 12.3. The maximum Gasteiger partial charge on any atom is 0.258 e. The lowest BCUT2D eigenvalue weighted by atomic mass is 10.2. The van der Waals surface area contributed by atoms with Crippen LogP contribution < -0.4 is 5.32 Å². The third-order valence-corrected chi connectivity index (χ3v) is 3.64. The number of hydrogen-bond donors (Lipinski definition) is 1. The summed E-state index contributed by atoms with van der Waals surface area (Å²) in [7, 11) is 0. The molecule has 0 fully saturated rings. The molecule has 0 spiro atoms. The van der Waals surface area contributed by atoms with Crippen LogP contribution in [-0.4, -0.2) is 5.91 Å². The van der Waals surface area contributed by atoms with Gasteiger partial charge in [0.15, 0.2) is 0 Å². The summed E-state index contributed by atoms with van der Waals surface area (Å²) in [4.78, 5) is 11.9. The fourth-order valence-corrected chi connectivity index (χ4v) is 2.64. The van der Waals surface area contributed by atoms with E-state index in [1.165, 1.54) is 12.1 Å². The predicted octanol–water partition coefficient (Wildman–Crippen LogP) is 4.60. The summed E-state index contributed by atoms with van der Waals surface area (Å²) in [6.45, 7) is 0. The van der Waals surface area contributed by atoms with Gasteiger partial charge in [0, 0.05) is 8.95 Å². The Morgan fingerprint density at radius 3 is 2.22 bits per heavy atom. The first-order chi connectivity index (χ1) is 8.59. The van der Waals surface area contributed by atoms with Crippen LogP contribution in [0.15, 0.2) is 51.4 Å². The average Bonchev–Trinajstić information content (AvgIpc) is 2.34. The molecule has 0 saturated heterocycles. The molecule has 5 heteroatoms. The van der Waals surface area contributed by atoms with Gasteiger partial charge >= 0.3 is 0 Å². The van der Waals surface area contributed by atoms with Crippen molar-refractivity contribution in [3.63, 3.8) is 0 Å². The van der Waals surface area contributed by atoms with Crippen LogP contribution in [-0.2, 0) is 0 Å². The molecule has 2 aromatic rings. The van der Waals surface area contributed by atoms with E-state index in [4.69, 9.17) is 0 Å². The lowest BCUT2D eigenvalue weighted by Gasteiger charge is -2.09. The van der Waals surface area contributed by atoms with Crippen LogP contribution >= 0.6 is 31.9 Å². The molecule has 0 heterocycles. The number of rotatable bonds is 2. The quantitative estimate of drug-likeness (QED) is 0.819. The van der Waals surface area contributed by atoms with E-state index in [2.05, 4.69) is 37.2 Å². The van der Waals surface area contributed by atoms with Crippen molar-refractivity contribution < 1.29 is 9.18 Å². The van der Waals surface area contributed by atoms with Gasteiger partial charge in [-0.05, 0) is 56.1 Å². The molecule has 1 amide bonds. The number of hydrogen-bond acceptors (Lipinski definition) is 1. The van der Waals surface area contributed by atoms with Crippen LogP contribution in [0.25, 0.3) is 0 Å². The SMILES string of the molecule is O=C(Nc1c(Br)cccc1Br)c1ccccc1F. The van der Waals surface area contributed by atoms with Crippen LogP contribution in [0.2, 0.25) is 0 Å². The summed E-state index contributed by atoms with van der Waals surface area (Å²) >= 11 is 6.66. The molecule has 0 atom stereocenters. The van der Waals surface area contributed by atoms with Crippen molar-refractivity contribution in [3.05, 3.63) is 62.8 Å². The van der Waals surface area contributed by atoms with E-state index >= 15 is 0 Å². The molecule has 0 aliphatic carbocycles. The average molecular weight is 373 g/mol. The lowest BCUT2D eigenvalue weighted by molar-refractivity contribution is 0.102. The number of para-hydroxylation sites is 1. The minimum absolute atomic E-state index is 0.0140. The Morgan fingerprint density at radius 2 is 1.61 bits per heavy atom. The van der Waals surface area contributed by atoms with E-state index in [1.54, 1.807) is 24.3 Å². The van der Waals surface area contributed by atoms with Crippen LogP contribution in [0.1, 0.15) is 10.4 Å². The number of amides is 1. The zero-order chi connectivity index (χ0) is 13.1. The first kappa shape index (κ1) is 13.2. The normalized spacial score (nSPS) is 10.2. The summed E-state index contributed by atoms with van der Waals surface area (Å²) in [6.07, 6.45) is 0. The van der Waals surface area contributed by atoms with E-state index in [-0.39, 0.29) is 5.56 Å². The van der Waals surface area contributed by atoms with Crippen molar-refractivity contribution in [1.29, 1.82) is 0 Å². The molecule has 2 nitrogen and oxygen atoms in total. The van der Waals surface area contributed by atoms with E-state index in [0.717, 1.165) is 8.95 Å². The molecule has 2 aromatic carbocycles. The van der Waals surface area contributed by atoms with Crippen LogP contribution in [0.5, 0.6) is 0 Å². The molecular formula is C13H8Br2FNO. The van der Waals surface area contributed by atoms with Gasteiger partial charge in [-0.1, -0.05) is 18.2 Å². The Kier molecular flexibility index (Phi) is 4.14. The van der Waals surface area contributed by atoms with E-state index in [0.29, 0.717) is 5.69 Å². The van der Waals surface area contributed by atoms with Gasteiger partial charge in [0.05, 0.1) is 11.3 Å². The van der Waals surface area contributed by atoms with Gasteiger partial charge in [-0.3, -0.25) is 4.79 Å². The van der Waals surface area contributed by atoms with Crippen LogP contribution in [0, 0.1) is 5.82 Å². The first-order valence-electron chi connectivity index (χ1n) is 5.09. The summed E-state index contributed by atoms with van der Waals surface area (Å²) in [6, 6.07) is 11.3. The Balaban J connectivity index is 2.30. The second-order valence-electron chi connectivity index (χ2n) is 3.53. The highest BCUT2D eigenvalue weighted by atomic mass is 79.9. The molecular weight excluding hydrogens is 365 g/mol. The van der Waals surface area contributed by atoms with Crippen molar-refractivity contribution in [3.8, 4) is 0 Å². The summed E-state index contributed by atoms with van der Waals surface area (Å²) in [5.41, 5.74) is 0.589. The molecule has 0 aromatic heterocycles. The predicted molar refractivity (Wildman–Crippen MR) is 76.2 cm³/mol. The summed E-state index contributed by atoms with van der Waals surface area (Å²) < 4.78 is 14.9. The minimum atomic E-state index is -0.543.